The number of unbranched alkanes of at least 4 members (excludes halogenated alkanes) is 2. The van der Waals surface area contributed by atoms with Crippen molar-refractivity contribution >= 4 is 11.7 Å². The van der Waals surface area contributed by atoms with Crippen molar-refractivity contribution in [2.45, 2.75) is 45.4 Å². The van der Waals surface area contributed by atoms with Crippen molar-refractivity contribution in [2.75, 3.05) is 20.2 Å². The molecule has 0 saturated carbocycles. The normalized spacial score (nSPS) is 15.5. The van der Waals surface area contributed by atoms with Crippen LogP contribution in [0.3, 0.4) is 0 Å². The summed E-state index contributed by atoms with van der Waals surface area (Å²) in [6.45, 7) is 3.55. The zero-order valence-corrected chi connectivity index (χ0v) is 14.2. The van der Waals surface area contributed by atoms with Crippen LogP contribution in [0.2, 0.25) is 0 Å². The van der Waals surface area contributed by atoms with E-state index >= 15 is 0 Å². The maximum atomic E-state index is 12.5. The zero-order valence-electron chi connectivity index (χ0n) is 14.2. The molecule has 0 aromatic heterocycles. The van der Waals surface area contributed by atoms with Gasteiger partial charge in [0.15, 0.2) is 5.78 Å². The number of nitrogens with zero attached hydrogens (tertiary/aromatic N) is 1. The summed E-state index contributed by atoms with van der Waals surface area (Å²) in [5.41, 5.74) is 0.735. The first kappa shape index (κ1) is 17.5. The minimum absolute atomic E-state index is 0.0306. The number of ketones is 1. The molecule has 0 aliphatic carbocycles. The lowest BCUT2D eigenvalue weighted by Crippen LogP contribution is -2.40. The lowest BCUT2D eigenvalue weighted by molar-refractivity contribution is -0.132. The second-order valence-corrected chi connectivity index (χ2v) is 6.20. The smallest absolute Gasteiger partial charge is 0.222 e. The van der Waals surface area contributed by atoms with Crippen LogP contribution in [0.1, 0.15) is 55.8 Å². The Hall–Kier alpha value is -1.84. The largest absolute Gasteiger partial charge is 0.497 e. The minimum atomic E-state index is 0.0306. The average molecular weight is 317 g/mol. The van der Waals surface area contributed by atoms with E-state index in [-0.39, 0.29) is 17.6 Å². The molecule has 1 fully saturated rings. The summed E-state index contributed by atoms with van der Waals surface area (Å²) < 4.78 is 5.12. The number of likely N-dealkylation sites (tertiary alicyclic amines) is 1. The third kappa shape index (κ3) is 4.81. The summed E-state index contributed by atoms with van der Waals surface area (Å²) in [5.74, 6) is 1.22. The number of carbonyl (C=O) groups excluding carboxylic acids is 2. The van der Waals surface area contributed by atoms with E-state index in [1.807, 2.05) is 29.2 Å². The van der Waals surface area contributed by atoms with Crippen LogP contribution in [0.5, 0.6) is 5.75 Å². The monoisotopic (exact) mass is 317 g/mol. The maximum Gasteiger partial charge on any atom is 0.222 e. The molecule has 1 aromatic carbocycles. The van der Waals surface area contributed by atoms with Gasteiger partial charge in [0.1, 0.15) is 5.75 Å². The molecular weight excluding hydrogens is 290 g/mol. The predicted molar refractivity (Wildman–Crippen MR) is 90.8 cm³/mol. The molecule has 2 rings (SSSR count). The lowest BCUT2D eigenvalue weighted by Gasteiger charge is -2.31. The first-order valence-corrected chi connectivity index (χ1v) is 8.61. The number of amides is 1. The fourth-order valence-electron chi connectivity index (χ4n) is 3.07. The molecule has 1 aliphatic rings. The van der Waals surface area contributed by atoms with Gasteiger partial charge in [0.05, 0.1) is 7.11 Å². The highest BCUT2D eigenvalue weighted by Crippen LogP contribution is 2.23. The molecule has 1 aliphatic heterocycles. The minimum Gasteiger partial charge on any atom is -0.497 e. The number of rotatable bonds is 7. The summed E-state index contributed by atoms with van der Waals surface area (Å²) in [6.07, 6.45) is 5.39. The molecule has 1 heterocycles. The Morgan fingerprint density at radius 3 is 2.35 bits per heavy atom. The van der Waals surface area contributed by atoms with E-state index in [4.69, 9.17) is 4.74 Å². The van der Waals surface area contributed by atoms with E-state index in [0.29, 0.717) is 19.5 Å². The molecule has 0 radical (unpaired) electrons. The molecule has 0 atom stereocenters. The second-order valence-electron chi connectivity index (χ2n) is 6.20. The van der Waals surface area contributed by atoms with Crippen molar-refractivity contribution in [1.29, 1.82) is 0 Å². The second kappa shape index (κ2) is 8.70. The number of hydrogen-bond donors (Lipinski definition) is 0. The number of benzene rings is 1. The van der Waals surface area contributed by atoms with E-state index < -0.39 is 0 Å². The first-order chi connectivity index (χ1) is 11.2. The Balaban J connectivity index is 1.83. The van der Waals surface area contributed by atoms with Crippen LogP contribution in [-0.2, 0) is 4.79 Å². The Bertz CT molecular complexity index is 516. The van der Waals surface area contributed by atoms with Gasteiger partial charge in [-0.25, -0.2) is 0 Å². The third-order valence-electron chi connectivity index (χ3n) is 4.59. The summed E-state index contributed by atoms with van der Waals surface area (Å²) in [6, 6.07) is 7.28. The Morgan fingerprint density at radius 2 is 1.78 bits per heavy atom. The summed E-state index contributed by atoms with van der Waals surface area (Å²) in [7, 11) is 1.62. The van der Waals surface area contributed by atoms with Crippen molar-refractivity contribution in [2.24, 2.45) is 5.92 Å². The molecule has 1 amide bonds. The third-order valence-corrected chi connectivity index (χ3v) is 4.59. The number of Topliss-reactive ketones (excluding diaryl/α,β-unsaturated/α-hetero) is 1. The molecule has 0 N–H and O–H groups in total. The number of carbonyl (C=O) groups is 2. The summed E-state index contributed by atoms with van der Waals surface area (Å²) >= 11 is 0. The van der Waals surface area contributed by atoms with E-state index in [2.05, 4.69) is 6.92 Å². The van der Waals surface area contributed by atoms with Crippen molar-refractivity contribution in [1.82, 2.24) is 4.90 Å². The van der Waals surface area contributed by atoms with Gasteiger partial charge in [-0.05, 0) is 43.5 Å². The Kier molecular flexibility index (Phi) is 6.63. The van der Waals surface area contributed by atoms with Crippen LogP contribution >= 0.6 is 0 Å². The Labute approximate surface area is 138 Å². The molecule has 4 nitrogen and oxygen atoms in total. The van der Waals surface area contributed by atoms with Crippen molar-refractivity contribution in [3.63, 3.8) is 0 Å². The highest BCUT2D eigenvalue weighted by atomic mass is 16.5. The molecule has 0 spiro atoms. The van der Waals surface area contributed by atoms with Crippen LogP contribution in [0.25, 0.3) is 0 Å². The lowest BCUT2D eigenvalue weighted by atomic mass is 9.88. The van der Waals surface area contributed by atoms with Gasteiger partial charge in [0.25, 0.3) is 0 Å². The van der Waals surface area contributed by atoms with Gasteiger partial charge in [-0.3, -0.25) is 9.59 Å². The van der Waals surface area contributed by atoms with E-state index in [1.54, 1.807) is 7.11 Å². The Morgan fingerprint density at radius 1 is 1.13 bits per heavy atom. The van der Waals surface area contributed by atoms with E-state index in [1.165, 1.54) is 0 Å². The number of methoxy groups -OCH3 is 1. The fourth-order valence-corrected chi connectivity index (χ4v) is 3.07. The molecule has 4 heteroatoms. The first-order valence-electron chi connectivity index (χ1n) is 8.61. The van der Waals surface area contributed by atoms with Crippen LogP contribution in [-0.4, -0.2) is 36.8 Å². The van der Waals surface area contributed by atoms with Crippen molar-refractivity contribution < 1.29 is 14.3 Å². The van der Waals surface area contributed by atoms with Gasteiger partial charge in [0, 0.05) is 31.0 Å². The molecule has 126 valence electrons. The molecule has 0 bridgehead atoms. The summed E-state index contributed by atoms with van der Waals surface area (Å²) in [4.78, 5) is 26.6. The summed E-state index contributed by atoms with van der Waals surface area (Å²) in [5, 5.41) is 0. The predicted octanol–water partition coefficient (Wildman–Crippen LogP) is 3.70. The standard InChI is InChI=1S/C19H27NO3/c1-3-4-5-6-18(21)20-13-11-16(12-14-20)19(22)15-7-9-17(23-2)10-8-15/h7-10,16H,3-6,11-14H2,1-2H3. The fraction of sp³-hybridized carbons (Fsp3) is 0.579. The molecule has 23 heavy (non-hydrogen) atoms. The van der Waals surface area contributed by atoms with Gasteiger partial charge in [-0.1, -0.05) is 19.8 Å². The SMILES string of the molecule is CCCCCC(=O)N1CCC(C(=O)c2ccc(OC)cc2)CC1. The number of hydrogen-bond acceptors (Lipinski definition) is 3. The van der Waals surface area contributed by atoms with Crippen LogP contribution < -0.4 is 4.74 Å². The highest BCUT2D eigenvalue weighted by molar-refractivity contribution is 5.98. The van der Waals surface area contributed by atoms with Gasteiger partial charge in [-0.15, -0.1) is 0 Å². The van der Waals surface area contributed by atoms with Crippen LogP contribution in [0.4, 0.5) is 0 Å². The van der Waals surface area contributed by atoms with E-state index in [9.17, 15) is 9.59 Å². The van der Waals surface area contributed by atoms with Crippen molar-refractivity contribution in [3.05, 3.63) is 29.8 Å². The van der Waals surface area contributed by atoms with Crippen LogP contribution in [0, 0.1) is 5.92 Å². The van der Waals surface area contributed by atoms with Gasteiger partial charge < -0.3 is 9.64 Å². The van der Waals surface area contributed by atoms with E-state index in [0.717, 1.165) is 43.4 Å². The number of ether oxygens (including phenoxy) is 1. The van der Waals surface area contributed by atoms with Gasteiger partial charge >= 0.3 is 0 Å². The number of piperidine rings is 1. The maximum absolute atomic E-state index is 12.5. The quantitative estimate of drug-likeness (QED) is 0.569. The molecule has 1 saturated heterocycles. The molecule has 0 unspecified atom stereocenters. The topological polar surface area (TPSA) is 46.6 Å². The highest BCUT2D eigenvalue weighted by Gasteiger charge is 2.27. The molecular formula is C19H27NO3. The van der Waals surface area contributed by atoms with Gasteiger partial charge in [0.2, 0.25) is 5.91 Å². The van der Waals surface area contributed by atoms with Gasteiger partial charge in [-0.2, -0.15) is 0 Å². The van der Waals surface area contributed by atoms with Crippen molar-refractivity contribution in [3.8, 4) is 5.75 Å². The zero-order chi connectivity index (χ0) is 16.7. The van der Waals surface area contributed by atoms with Crippen LogP contribution in [0.15, 0.2) is 24.3 Å². The molecule has 1 aromatic rings. The average Bonchev–Trinajstić information content (AvgIpc) is 2.61.